The third-order valence-corrected chi connectivity index (χ3v) is 3.81. The first-order chi connectivity index (χ1) is 12.6. The Balaban J connectivity index is 0.000000503. The van der Waals surface area contributed by atoms with Crippen molar-refractivity contribution in [1.29, 1.82) is 10.5 Å². The van der Waals surface area contributed by atoms with Crippen LogP contribution in [0.2, 0.25) is 0 Å². The van der Waals surface area contributed by atoms with Crippen LogP contribution >= 0.6 is 24.4 Å². The minimum atomic E-state index is 0.149. The van der Waals surface area contributed by atoms with Crippen molar-refractivity contribution in [2.24, 2.45) is 17.6 Å². The van der Waals surface area contributed by atoms with Gasteiger partial charge in [0.05, 0.1) is 5.69 Å². The summed E-state index contributed by atoms with van der Waals surface area (Å²) in [4.78, 5) is 2.98. The number of allylic oxidation sites excluding steroid dienone is 1. The molecule has 1 aromatic rings. The van der Waals surface area contributed by atoms with E-state index in [1.165, 1.54) is 0 Å². The van der Waals surface area contributed by atoms with Gasteiger partial charge in [-0.05, 0) is 24.8 Å². The number of nitrogens with one attached hydrogen (secondary N) is 3. The Labute approximate surface area is 172 Å². The first-order valence-electron chi connectivity index (χ1n) is 8.64. The lowest BCUT2D eigenvalue weighted by Crippen LogP contribution is -2.22. The molecule has 0 amide bonds. The van der Waals surface area contributed by atoms with Crippen molar-refractivity contribution in [3.63, 3.8) is 0 Å². The summed E-state index contributed by atoms with van der Waals surface area (Å²) in [5.41, 5.74) is 7.82. The lowest BCUT2D eigenvalue weighted by Gasteiger charge is -2.10. The average Bonchev–Trinajstić information content (AvgIpc) is 2.59. The molecule has 0 aliphatic rings. The number of rotatable bonds is 7. The van der Waals surface area contributed by atoms with Crippen LogP contribution in [0.4, 0.5) is 5.69 Å². The summed E-state index contributed by atoms with van der Waals surface area (Å²) < 4.78 is 0.487. The number of nitrogens with zero attached hydrogens (tertiary/aromatic N) is 2. The fourth-order valence-electron chi connectivity index (χ4n) is 1.82. The highest BCUT2D eigenvalue weighted by molar-refractivity contribution is 7.80. The Morgan fingerprint density at radius 2 is 1.81 bits per heavy atom. The molecule has 5 N–H and O–H groups in total. The summed E-state index contributed by atoms with van der Waals surface area (Å²) in [5, 5.41) is 23.9. The van der Waals surface area contributed by atoms with Crippen molar-refractivity contribution in [2.75, 3.05) is 18.4 Å². The van der Waals surface area contributed by atoms with E-state index in [-0.39, 0.29) is 4.99 Å². The summed E-state index contributed by atoms with van der Waals surface area (Å²) in [7, 11) is 0. The van der Waals surface area contributed by atoms with Gasteiger partial charge in [-0.3, -0.25) is 0 Å². The molecule has 6 nitrogen and oxygen atoms in total. The number of H-pyrrole nitrogens is 1. The van der Waals surface area contributed by atoms with Crippen LogP contribution in [-0.2, 0) is 0 Å². The average molecular weight is 405 g/mol. The molecule has 0 aliphatic heterocycles. The third kappa shape index (κ3) is 9.74. The monoisotopic (exact) mass is 404 g/mol. The molecule has 0 bridgehead atoms. The Hall–Kier alpha value is -2.42. The molecule has 0 fully saturated rings. The first kappa shape index (κ1) is 24.6. The molecule has 0 unspecified atom stereocenters. The van der Waals surface area contributed by atoms with E-state index in [0.29, 0.717) is 27.6 Å². The Kier molecular flexibility index (Phi) is 11.7. The lowest BCUT2D eigenvalue weighted by atomic mass is 10.2. The zero-order valence-corrected chi connectivity index (χ0v) is 18.1. The largest absolute Gasteiger partial charge is 0.389 e. The zero-order valence-electron chi connectivity index (χ0n) is 16.5. The number of nitriles is 2. The molecule has 146 valence electrons. The van der Waals surface area contributed by atoms with Gasteiger partial charge < -0.3 is 21.4 Å². The van der Waals surface area contributed by atoms with E-state index in [1.54, 1.807) is 13.1 Å². The molecular weight excluding hydrogens is 376 g/mol. The number of hydrogen-bond donors (Lipinski definition) is 4. The van der Waals surface area contributed by atoms with Crippen molar-refractivity contribution in [1.82, 2.24) is 10.3 Å². The minimum Gasteiger partial charge on any atom is -0.389 e. The van der Waals surface area contributed by atoms with Gasteiger partial charge in [-0.15, -0.1) is 0 Å². The number of hydrogen-bond acceptors (Lipinski definition) is 6. The van der Waals surface area contributed by atoms with Gasteiger partial charge in [-0.2, -0.15) is 10.5 Å². The van der Waals surface area contributed by atoms with Crippen LogP contribution in [0.3, 0.4) is 0 Å². The fourth-order valence-corrected chi connectivity index (χ4v) is 2.24. The van der Waals surface area contributed by atoms with Crippen molar-refractivity contribution in [2.45, 2.75) is 34.6 Å². The van der Waals surface area contributed by atoms with Gasteiger partial charge in [0.2, 0.25) is 0 Å². The summed E-state index contributed by atoms with van der Waals surface area (Å²) in [5.74, 6) is 1.07. The van der Waals surface area contributed by atoms with Crippen LogP contribution in [0.25, 0.3) is 0 Å². The maximum Gasteiger partial charge on any atom is 0.123 e. The van der Waals surface area contributed by atoms with Crippen molar-refractivity contribution in [3.05, 3.63) is 33.7 Å². The topological polar surface area (TPSA) is 113 Å². The van der Waals surface area contributed by atoms with Crippen molar-refractivity contribution < 1.29 is 0 Å². The fraction of sp³-hybridized carbons (Fsp3) is 0.474. The van der Waals surface area contributed by atoms with E-state index in [0.717, 1.165) is 24.5 Å². The van der Waals surface area contributed by atoms with E-state index in [2.05, 4.69) is 49.4 Å². The van der Waals surface area contributed by atoms with E-state index in [1.807, 2.05) is 12.1 Å². The molecule has 0 saturated carbocycles. The second kappa shape index (κ2) is 12.9. The molecule has 1 aromatic heterocycles. The highest BCUT2D eigenvalue weighted by Gasteiger charge is 2.05. The van der Waals surface area contributed by atoms with Crippen LogP contribution in [0.15, 0.2) is 23.5 Å². The standard InChI is InChI=1S/C10H13N3S.C9H15N3S/c1-7(2)6-13-9-3-4-12-10(14)8(9)5-11;1-6(2)5-12-7(3)8(4-10)9(11)13/h3-4,7H,6H2,1-2H3,(H2,12,13,14);6,12H,5H2,1-3H3,(H2,11,13)/b;8-7-. The molecule has 1 rings (SSSR count). The van der Waals surface area contributed by atoms with Crippen molar-refractivity contribution in [3.8, 4) is 12.1 Å². The van der Waals surface area contributed by atoms with Gasteiger partial charge in [0.1, 0.15) is 32.9 Å². The molecule has 1 heterocycles. The molecule has 0 radical (unpaired) electrons. The van der Waals surface area contributed by atoms with Gasteiger partial charge >= 0.3 is 0 Å². The van der Waals surface area contributed by atoms with Gasteiger partial charge in [0.15, 0.2) is 0 Å². The molecule has 0 spiro atoms. The maximum atomic E-state index is 8.89. The number of thiocarbonyl (C=S) groups is 1. The summed E-state index contributed by atoms with van der Waals surface area (Å²) in [6.07, 6.45) is 1.74. The summed E-state index contributed by atoms with van der Waals surface area (Å²) in [6, 6.07) is 5.90. The second-order valence-electron chi connectivity index (χ2n) is 6.73. The normalized spacial score (nSPS) is 10.9. The van der Waals surface area contributed by atoms with E-state index in [4.69, 9.17) is 40.7 Å². The quantitative estimate of drug-likeness (QED) is 0.308. The Bertz CT molecular complexity index is 794. The highest BCUT2D eigenvalue weighted by atomic mass is 32.1. The zero-order chi connectivity index (χ0) is 21.0. The van der Waals surface area contributed by atoms with Crippen LogP contribution in [0, 0.1) is 39.1 Å². The van der Waals surface area contributed by atoms with Gasteiger partial charge in [0.25, 0.3) is 0 Å². The van der Waals surface area contributed by atoms with E-state index < -0.39 is 0 Å². The smallest absolute Gasteiger partial charge is 0.123 e. The lowest BCUT2D eigenvalue weighted by molar-refractivity contribution is 0.596. The van der Waals surface area contributed by atoms with E-state index in [9.17, 15) is 0 Å². The number of anilines is 1. The van der Waals surface area contributed by atoms with Gasteiger partial charge in [-0.1, -0.05) is 52.1 Å². The Morgan fingerprint density at radius 1 is 1.22 bits per heavy atom. The van der Waals surface area contributed by atoms with E-state index >= 15 is 0 Å². The molecule has 0 aliphatic carbocycles. The van der Waals surface area contributed by atoms with Gasteiger partial charge in [-0.25, -0.2) is 0 Å². The second-order valence-corrected chi connectivity index (χ2v) is 7.58. The number of pyridine rings is 1. The van der Waals surface area contributed by atoms with Crippen LogP contribution < -0.4 is 16.4 Å². The number of aromatic nitrogens is 1. The summed E-state index contributed by atoms with van der Waals surface area (Å²) in [6.45, 7) is 11.9. The molecule has 0 saturated heterocycles. The molecule has 27 heavy (non-hydrogen) atoms. The third-order valence-electron chi connectivity index (χ3n) is 3.28. The van der Waals surface area contributed by atoms with Crippen LogP contribution in [0.1, 0.15) is 40.2 Å². The van der Waals surface area contributed by atoms with Gasteiger partial charge in [0, 0.05) is 25.0 Å². The maximum absolute atomic E-state index is 8.89. The predicted octanol–water partition coefficient (Wildman–Crippen LogP) is 4.00. The number of nitrogens with two attached hydrogens (primary N) is 1. The Morgan fingerprint density at radius 3 is 2.26 bits per heavy atom. The minimum absolute atomic E-state index is 0.149. The predicted molar refractivity (Wildman–Crippen MR) is 118 cm³/mol. The number of aromatic amines is 1. The summed E-state index contributed by atoms with van der Waals surface area (Å²) >= 11 is 9.73. The highest BCUT2D eigenvalue weighted by Crippen LogP contribution is 2.14. The molecular formula is C19H28N6S2. The van der Waals surface area contributed by atoms with Crippen LogP contribution in [-0.4, -0.2) is 23.1 Å². The van der Waals surface area contributed by atoms with Crippen molar-refractivity contribution >= 4 is 35.1 Å². The first-order valence-corrected chi connectivity index (χ1v) is 9.45. The van der Waals surface area contributed by atoms with Crippen LogP contribution in [0.5, 0.6) is 0 Å². The molecule has 0 aromatic carbocycles. The SMILES string of the molecule is C/C(NCC(C)C)=C(\C#N)C(N)=S.CC(C)CNc1cc[nH]c(=S)c1C#N. The molecule has 0 atom stereocenters. The molecule has 8 heteroatoms.